The van der Waals surface area contributed by atoms with Crippen molar-refractivity contribution in [3.8, 4) is 0 Å². The van der Waals surface area contributed by atoms with E-state index in [1.807, 2.05) is 0 Å². The fraction of sp³-hybridized carbons (Fsp3) is 0.333. The van der Waals surface area contributed by atoms with Gasteiger partial charge in [0.2, 0.25) is 0 Å². The van der Waals surface area contributed by atoms with Crippen molar-refractivity contribution in [1.82, 2.24) is 0 Å². The summed E-state index contributed by atoms with van der Waals surface area (Å²) in [5.41, 5.74) is 0. The first-order valence-electron chi connectivity index (χ1n) is 2.96. The van der Waals surface area contributed by atoms with Crippen molar-refractivity contribution < 1.29 is 39.5 Å². The maximum Gasteiger partial charge on any atom is 0.414 e. The molecule has 0 amide bonds. The van der Waals surface area contributed by atoms with Gasteiger partial charge < -0.3 is 0 Å². The second kappa shape index (κ2) is 7.18. The zero-order valence-corrected chi connectivity index (χ0v) is 6.69. The van der Waals surface area contributed by atoms with Gasteiger partial charge in [0.15, 0.2) is 5.83 Å². The van der Waals surface area contributed by atoms with Gasteiger partial charge in [0.1, 0.15) is 6.67 Å². The van der Waals surface area contributed by atoms with Crippen LogP contribution in [0.25, 0.3) is 0 Å². The summed E-state index contributed by atoms with van der Waals surface area (Å²) in [6.45, 7) is -1.72. The molecule has 0 N–H and O–H groups in total. The van der Waals surface area contributed by atoms with E-state index in [1.54, 1.807) is 0 Å². The van der Waals surface area contributed by atoms with Gasteiger partial charge in [-0.15, -0.1) is 0 Å². The number of hydrogen-bond acceptors (Lipinski definition) is 0. The highest BCUT2D eigenvalue weighted by Gasteiger charge is 2.24. The summed E-state index contributed by atoms with van der Waals surface area (Å²) in [5.74, 6) is -1.99. The third-order valence-electron chi connectivity index (χ3n) is 0.595. The highest BCUT2D eigenvalue weighted by atomic mass is 19.4. The lowest BCUT2D eigenvalue weighted by atomic mass is 10.6. The minimum absolute atomic E-state index is 1.06. The second-order valence-corrected chi connectivity index (χ2v) is 1.77. The number of allylic oxidation sites excluding steroid dienone is 2. The molecule has 9 heteroatoms. The van der Waals surface area contributed by atoms with Crippen LogP contribution in [0.4, 0.5) is 39.5 Å². The Bertz CT molecular complexity index is 227. The molecule has 0 aliphatic rings. The Morgan fingerprint density at radius 2 is 1.33 bits per heavy atom. The average molecular weight is 246 g/mol. The molecule has 0 spiro atoms. The Morgan fingerprint density at radius 3 is 1.33 bits per heavy atom. The predicted molar refractivity (Wildman–Crippen MR) is 32.7 cm³/mol. The summed E-state index contributed by atoms with van der Waals surface area (Å²) in [4.78, 5) is 0. The van der Waals surface area contributed by atoms with E-state index in [-0.39, 0.29) is 0 Å². The lowest BCUT2D eigenvalue weighted by Gasteiger charge is -1.93. The number of rotatable bonds is 1. The Hall–Kier alpha value is -1.15. The van der Waals surface area contributed by atoms with Gasteiger partial charge >= 0.3 is 12.3 Å². The van der Waals surface area contributed by atoms with Gasteiger partial charge in [-0.05, 0) is 0 Å². The summed E-state index contributed by atoms with van der Waals surface area (Å²) < 4.78 is 96.7. The molecule has 0 heterocycles. The minimum atomic E-state index is -4.89. The van der Waals surface area contributed by atoms with Crippen LogP contribution in [0.1, 0.15) is 0 Å². The molecule has 0 rings (SSSR count). The van der Waals surface area contributed by atoms with Crippen molar-refractivity contribution in [2.45, 2.75) is 6.18 Å². The molecule has 0 bridgehead atoms. The van der Waals surface area contributed by atoms with E-state index in [4.69, 9.17) is 0 Å². The zero-order chi connectivity index (χ0) is 12.6. The summed E-state index contributed by atoms with van der Waals surface area (Å²) in [6.07, 6.45) is -11.3. The summed E-state index contributed by atoms with van der Waals surface area (Å²) in [7, 11) is 0. The topological polar surface area (TPSA) is 0 Å². The molecule has 0 aliphatic heterocycles. The first kappa shape index (κ1) is 16.3. The molecule has 0 atom stereocenters. The molecular weight excluding hydrogens is 243 g/mol. The highest BCUT2D eigenvalue weighted by molar-refractivity contribution is 4.90. The van der Waals surface area contributed by atoms with Gasteiger partial charge in [-0.2, -0.15) is 30.7 Å². The Balaban J connectivity index is 0. The van der Waals surface area contributed by atoms with Crippen molar-refractivity contribution in [3.63, 3.8) is 0 Å². The van der Waals surface area contributed by atoms with Crippen LogP contribution in [0, 0.1) is 0 Å². The molecule has 15 heavy (non-hydrogen) atoms. The summed E-state index contributed by atoms with van der Waals surface area (Å²) >= 11 is 0. The SMILES string of the molecule is FC(F)=CC(F)(F)F.FCC(F)=C(F)F. The number of halogens is 9. The van der Waals surface area contributed by atoms with Gasteiger partial charge in [-0.3, -0.25) is 0 Å². The molecule has 90 valence electrons. The molecule has 0 aromatic carbocycles. The second-order valence-electron chi connectivity index (χ2n) is 1.77. The standard InChI is InChI=1S/C3HF5.C3H2F4/c4-2(5)1-3(6,7)8;4-1-2(5)3(6)7/h1H;1H2. The zero-order valence-electron chi connectivity index (χ0n) is 6.69. The van der Waals surface area contributed by atoms with E-state index in [9.17, 15) is 39.5 Å². The van der Waals surface area contributed by atoms with Crippen LogP contribution >= 0.6 is 0 Å². The van der Waals surface area contributed by atoms with E-state index < -0.39 is 36.9 Å². The number of hydrogen-bond donors (Lipinski definition) is 0. The molecule has 0 aromatic rings. The maximum absolute atomic E-state index is 11.0. The third-order valence-corrected chi connectivity index (χ3v) is 0.595. The first-order valence-corrected chi connectivity index (χ1v) is 2.96. The molecular formula is C6H3F9. The van der Waals surface area contributed by atoms with Crippen molar-refractivity contribution in [2.75, 3.05) is 6.67 Å². The van der Waals surface area contributed by atoms with Crippen LogP contribution in [0.3, 0.4) is 0 Å². The van der Waals surface area contributed by atoms with Crippen LogP contribution in [-0.2, 0) is 0 Å². The highest BCUT2D eigenvalue weighted by Crippen LogP contribution is 2.19. The predicted octanol–water partition coefficient (Wildman–Crippen LogP) is 4.36. The van der Waals surface area contributed by atoms with Gasteiger partial charge in [0.25, 0.3) is 6.08 Å². The van der Waals surface area contributed by atoms with Gasteiger partial charge in [0, 0.05) is 0 Å². The molecule has 0 radical (unpaired) electrons. The first-order chi connectivity index (χ1) is 6.60. The van der Waals surface area contributed by atoms with Crippen LogP contribution in [-0.4, -0.2) is 12.9 Å². The smallest absolute Gasteiger partial charge is 0.243 e. The van der Waals surface area contributed by atoms with Crippen molar-refractivity contribution in [2.24, 2.45) is 0 Å². The largest absolute Gasteiger partial charge is 0.414 e. The third kappa shape index (κ3) is 15.6. The van der Waals surface area contributed by atoms with Crippen molar-refractivity contribution >= 4 is 0 Å². The minimum Gasteiger partial charge on any atom is -0.243 e. The molecule has 0 aliphatic carbocycles. The molecule has 0 unspecified atom stereocenters. The lowest BCUT2D eigenvalue weighted by Crippen LogP contribution is -2.00. The van der Waals surface area contributed by atoms with E-state index in [2.05, 4.69) is 0 Å². The Morgan fingerprint density at radius 1 is 0.933 bits per heavy atom. The van der Waals surface area contributed by atoms with Crippen LogP contribution in [0.15, 0.2) is 24.1 Å². The van der Waals surface area contributed by atoms with E-state index in [1.165, 1.54) is 0 Å². The quantitative estimate of drug-likeness (QED) is 0.603. The Kier molecular flexibility index (Phi) is 7.80. The van der Waals surface area contributed by atoms with E-state index >= 15 is 0 Å². The molecule has 0 saturated carbocycles. The fourth-order valence-corrected chi connectivity index (χ4v) is 0.174. The van der Waals surface area contributed by atoms with Crippen molar-refractivity contribution in [3.05, 3.63) is 24.1 Å². The monoisotopic (exact) mass is 246 g/mol. The van der Waals surface area contributed by atoms with Gasteiger partial charge in [0.05, 0.1) is 6.08 Å². The maximum atomic E-state index is 11.0. The lowest BCUT2D eigenvalue weighted by molar-refractivity contribution is -0.0826. The van der Waals surface area contributed by atoms with Crippen LogP contribution < -0.4 is 0 Å². The van der Waals surface area contributed by atoms with Crippen LogP contribution in [0.5, 0.6) is 0 Å². The normalized spacial score (nSPS) is 9.93. The van der Waals surface area contributed by atoms with E-state index in [0.717, 1.165) is 0 Å². The molecule has 0 saturated heterocycles. The van der Waals surface area contributed by atoms with Gasteiger partial charge in [-0.25, -0.2) is 8.78 Å². The summed E-state index contributed by atoms with van der Waals surface area (Å²) in [6, 6.07) is 0. The molecule has 0 nitrogen and oxygen atoms in total. The Labute approximate surface area is 77.7 Å². The molecule has 0 aromatic heterocycles. The fourth-order valence-electron chi connectivity index (χ4n) is 0.174. The summed E-state index contributed by atoms with van der Waals surface area (Å²) in [5, 5.41) is 0. The number of alkyl halides is 4. The van der Waals surface area contributed by atoms with Gasteiger partial charge in [-0.1, -0.05) is 0 Å². The molecule has 0 fully saturated rings. The van der Waals surface area contributed by atoms with E-state index in [0.29, 0.717) is 0 Å². The average Bonchev–Trinajstić information content (AvgIpc) is 1.99. The van der Waals surface area contributed by atoms with Crippen LogP contribution in [0.2, 0.25) is 0 Å². The van der Waals surface area contributed by atoms with Crippen molar-refractivity contribution in [1.29, 1.82) is 0 Å².